The van der Waals surface area contributed by atoms with Crippen LogP contribution in [0.25, 0.3) is 0 Å². The number of hydrogen-bond donors (Lipinski definition) is 2. The topological polar surface area (TPSA) is 71.1 Å². The fraction of sp³-hybridized carbons (Fsp3) is 0.136. The first-order valence-electron chi connectivity index (χ1n) is 8.85. The van der Waals surface area contributed by atoms with Gasteiger partial charge in [-0.3, -0.25) is 14.6 Å². The average molecular weight is 394 g/mol. The Labute approximate surface area is 168 Å². The van der Waals surface area contributed by atoms with Crippen molar-refractivity contribution in [1.29, 1.82) is 0 Å². The first-order chi connectivity index (χ1) is 13.4. The molecule has 0 aliphatic rings. The summed E-state index contributed by atoms with van der Waals surface area (Å²) in [5.41, 5.74) is 3.08. The summed E-state index contributed by atoms with van der Waals surface area (Å²) in [7, 11) is 0. The summed E-state index contributed by atoms with van der Waals surface area (Å²) < 4.78 is 0. The average Bonchev–Trinajstić information content (AvgIpc) is 2.70. The number of carbonyl (C=O) groups is 2. The van der Waals surface area contributed by atoms with Gasteiger partial charge in [0.2, 0.25) is 0 Å². The Morgan fingerprint density at radius 3 is 1.75 bits per heavy atom. The molecule has 0 radical (unpaired) electrons. The number of nitrogens with zero attached hydrogens (tertiary/aromatic N) is 1. The minimum atomic E-state index is -0.356. The summed E-state index contributed by atoms with van der Waals surface area (Å²) >= 11 is 5.84. The lowest BCUT2D eigenvalue weighted by Gasteiger charge is -2.09. The Balaban J connectivity index is 1.70. The van der Waals surface area contributed by atoms with Gasteiger partial charge in [-0.1, -0.05) is 37.6 Å². The lowest BCUT2D eigenvalue weighted by molar-refractivity contribution is 0.102. The van der Waals surface area contributed by atoms with Crippen LogP contribution in [0.15, 0.2) is 67.0 Å². The second-order valence-corrected chi connectivity index (χ2v) is 7.09. The molecule has 142 valence electrons. The third kappa shape index (κ3) is 4.96. The molecule has 0 spiro atoms. The van der Waals surface area contributed by atoms with Crippen molar-refractivity contribution in [2.75, 3.05) is 10.6 Å². The molecule has 0 aliphatic heterocycles. The molecule has 6 heteroatoms. The predicted molar refractivity (Wildman–Crippen MR) is 112 cm³/mol. The Morgan fingerprint density at radius 1 is 0.821 bits per heavy atom. The normalized spacial score (nSPS) is 10.6. The lowest BCUT2D eigenvalue weighted by atomic mass is 10.0. The van der Waals surface area contributed by atoms with Crippen molar-refractivity contribution in [2.24, 2.45) is 0 Å². The monoisotopic (exact) mass is 393 g/mol. The third-order valence-corrected chi connectivity index (χ3v) is 4.45. The van der Waals surface area contributed by atoms with Crippen molar-refractivity contribution in [3.05, 3.63) is 88.7 Å². The molecule has 0 atom stereocenters. The summed E-state index contributed by atoms with van der Waals surface area (Å²) in [6.07, 6.45) is 2.84. The Morgan fingerprint density at radius 2 is 1.29 bits per heavy atom. The first-order valence-corrected chi connectivity index (χ1v) is 9.23. The predicted octanol–water partition coefficient (Wildman–Crippen LogP) is 5.36. The largest absolute Gasteiger partial charge is 0.322 e. The number of halogens is 1. The fourth-order valence-corrected chi connectivity index (χ4v) is 2.71. The number of hydrogen-bond acceptors (Lipinski definition) is 3. The highest BCUT2D eigenvalue weighted by atomic mass is 35.5. The third-order valence-electron chi connectivity index (χ3n) is 4.20. The number of anilines is 2. The van der Waals surface area contributed by atoms with E-state index in [-0.39, 0.29) is 17.4 Å². The van der Waals surface area contributed by atoms with Crippen LogP contribution in [0.4, 0.5) is 11.4 Å². The van der Waals surface area contributed by atoms with Crippen LogP contribution in [0.2, 0.25) is 5.02 Å². The van der Waals surface area contributed by atoms with Crippen LogP contribution >= 0.6 is 11.6 Å². The Bertz CT molecular complexity index is 983. The highest BCUT2D eigenvalue weighted by Crippen LogP contribution is 2.18. The van der Waals surface area contributed by atoms with E-state index in [2.05, 4.69) is 29.5 Å². The molecule has 5 nitrogen and oxygen atoms in total. The van der Waals surface area contributed by atoms with Crippen LogP contribution in [0.5, 0.6) is 0 Å². The van der Waals surface area contributed by atoms with E-state index >= 15 is 0 Å². The maximum Gasteiger partial charge on any atom is 0.257 e. The van der Waals surface area contributed by atoms with Gasteiger partial charge in [0.1, 0.15) is 0 Å². The van der Waals surface area contributed by atoms with Gasteiger partial charge < -0.3 is 10.6 Å². The van der Waals surface area contributed by atoms with Crippen molar-refractivity contribution < 1.29 is 9.59 Å². The lowest BCUT2D eigenvalue weighted by Crippen LogP contribution is -2.16. The van der Waals surface area contributed by atoms with Crippen molar-refractivity contribution in [3.63, 3.8) is 0 Å². The fourth-order valence-electron chi connectivity index (χ4n) is 2.58. The van der Waals surface area contributed by atoms with Crippen LogP contribution in [-0.2, 0) is 0 Å². The summed E-state index contributed by atoms with van der Waals surface area (Å²) in [6, 6.07) is 16.0. The number of amides is 2. The van der Waals surface area contributed by atoms with Crippen molar-refractivity contribution >= 4 is 34.8 Å². The first kappa shape index (κ1) is 19.6. The zero-order valence-corrected chi connectivity index (χ0v) is 16.3. The van der Waals surface area contributed by atoms with E-state index in [1.807, 2.05) is 24.3 Å². The van der Waals surface area contributed by atoms with Gasteiger partial charge in [-0.15, -0.1) is 0 Å². The zero-order chi connectivity index (χ0) is 20.1. The zero-order valence-electron chi connectivity index (χ0n) is 15.6. The van der Waals surface area contributed by atoms with E-state index in [9.17, 15) is 9.59 Å². The second-order valence-electron chi connectivity index (χ2n) is 6.65. The minimum absolute atomic E-state index is 0.290. The highest BCUT2D eigenvalue weighted by Gasteiger charge is 2.12. The molecule has 3 aromatic rings. The van der Waals surface area contributed by atoms with E-state index in [1.54, 1.807) is 24.3 Å². The standard InChI is InChI=1S/C22H20ClN3O2/c1-14(2)15-3-7-19(8-4-15)25-21(27)16-11-17(13-24-12-16)22(28)26-20-9-5-18(23)6-10-20/h3-14H,1-2H3,(H,25,27)(H,26,28). The van der Waals surface area contributed by atoms with Crippen LogP contribution in [0, 0.1) is 0 Å². The smallest absolute Gasteiger partial charge is 0.257 e. The molecule has 28 heavy (non-hydrogen) atoms. The van der Waals surface area contributed by atoms with Gasteiger partial charge in [0.25, 0.3) is 11.8 Å². The molecule has 1 aromatic heterocycles. The molecular weight excluding hydrogens is 374 g/mol. The summed E-state index contributed by atoms with van der Waals surface area (Å²) in [5, 5.41) is 6.15. The Hall–Kier alpha value is -3.18. The SMILES string of the molecule is CC(C)c1ccc(NC(=O)c2cncc(C(=O)Nc3ccc(Cl)cc3)c2)cc1. The quantitative estimate of drug-likeness (QED) is 0.612. The van der Waals surface area contributed by atoms with E-state index in [0.29, 0.717) is 27.9 Å². The maximum atomic E-state index is 12.5. The summed E-state index contributed by atoms with van der Waals surface area (Å²) in [5.74, 6) is -0.263. The van der Waals surface area contributed by atoms with E-state index in [1.165, 1.54) is 24.0 Å². The van der Waals surface area contributed by atoms with Crippen LogP contribution in [0.3, 0.4) is 0 Å². The Kier molecular flexibility index (Phi) is 6.06. The van der Waals surface area contributed by atoms with Gasteiger partial charge in [-0.25, -0.2) is 0 Å². The summed E-state index contributed by atoms with van der Waals surface area (Å²) in [6.45, 7) is 4.22. The molecule has 0 saturated heterocycles. The summed E-state index contributed by atoms with van der Waals surface area (Å²) in [4.78, 5) is 28.9. The number of nitrogens with one attached hydrogen (secondary N) is 2. The van der Waals surface area contributed by atoms with Crippen LogP contribution in [-0.4, -0.2) is 16.8 Å². The van der Waals surface area contributed by atoms with Gasteiger partial charge >= 0.3 is 0 Å². The number of aromatic nitrogens is 1. The molecular formula is C22H20ClN3O2. The molecule has 2 N–H and O–H groups in total. The van der Waals surface area contributed by atoms with E-state index < -0.39 is 0 Å². The van der Waals surface area contributed by atoms with Gasteiger partial charge in [0, 0.05) is 28.8 Å². The van der Waals surface area contributed by atoms with E-state index in [0.717, 1.165) is 0 Å². The number of pyridine rings is 1. The van der Waals surface area contributed by atoms with Gasteiger partial charge in [0.05, 0.1) is 11.1 Å². The van der Waals surface area contributed by atoms with Crippen molar-refractivity contribution in [2.45, 2.75) is 19.8 Å². The molecule has 0 bridgehead atoms. The van der Waals surface area contributed by atoms with Gasteiger partial charge in [-0.2, -0.15) is 0 Å². The van der Waals surface area contributed by atoms with Gasteiger partial charge in [0.15, 0.2) is 0 Å². The van der Waals surface area contributed by atoms with Crippen molar-refractivity contribution in [3.8, 4) is 0 Å². The van der Waals surface area contributed by atoms with Crippen LogP contribution in [0.1, 0.15) is 46.0 Å². The van der Waals surface area contributed by atoms with Gasteiger partial charge in [-0.05, 0) is 53.9 Å². The number of benzene rings is 2. The molecule has 2 amide bonds. The molecule has 0 saturated carbocycles. The number of carbonyl (C=O) groups excluding carboxylic acids is 2. The van der Waals surface area contributed by atoms with E-state index in [4.69, 9.17) is 11.6 Å². The minimum Gasteiger partial charge on any atom is -0.322 e. The maximum absolute atomic E-state index is 12.5. The molecule has 0 unspecified atom stereocenters. The molecule has 3 rings (SSSR count). The molecule has 1 heterocycles. The highest BCUT2D eigenvalue weighted by molar-refractivity contribution is 6.30. The molecule has 0 aliphatic carbocycles. The van der Waals surface area contributed by atoms with Crippen molar-refractivity contribution in [1.82, 2.24) is 4.98 Å². The number of rotatable bonds is 5. The van der Waals surface area contributed by atoms with Crippen LogP contribution < -0.4 is 10.6 Å². The molecule has 0 fully saturated rings. The molecule has 2 aromatic carbocycles. The second kappa shape index (κ2) is 8.67.